The fraction of sp³-hybridized carbons (Fsp3) is 0.100. The molecule has 0 aliphatic rings. The number of hydrogen-bond acceptors (Lipinski definition) is 4. The van der Waals surface area contributed by atoms with E-state index in [1.54, 1.807) is 18.2 Å². The molecular formula is C20H15Cl2N3O. The summed E-state index contributed by atoms with van der Waals surface area (Å²) in [6, 6.07) is 16.7. The number of nitrogens with zero attached hydrogens (tertiary/aromatic N) is 2. The van der Waals surface area contributed by atoms with Gasteiger partial charge in [-0.3, -0.25) is 0 Å². The number of hydrogen-bond donors (Lipinski definition) is 1. The van der Waals surface area contributed by atoms with Gasteiger partial charge in [-0.1, -0.05) is 29.3 Å². The minimum atomic E-state index is 0.167. The normalized spacial score (nSPS) is 10.4. The molecule has 26 heavy (non-hydrogen) atoms. The zero-order valence-electron chi connectivity index (χ0n) is 14.0. The van der Waals surface area contributed by atoms with Crippen LogP contribution in [0.4, 0.5) is 5.82 Å². The third kappa shape index (κ3) is 3.60. The largest absolute Gasteiger partial charge is 0.494 e. The molecule has 1 heterocycles. The first-order valence-electron chi connectivity index (χ1n) is 7.92. The Morgan fingerprint density at radius 1 is 1.04 bits per heavy atom. The molecule has 0 aliphatic heterocycles. The van der Waals surface area contributed by atoms with Crippen molar-refractivity contribution < 1.29 is 4.74 Å². The van der Waals surface area contributed by atoms with Gasteiger partial charge in [0.25, 0.3) is 0 Å². The predicted octanol–water partition coefficient (Wildman–Crippen LogP) is 5.57. The van der Waals surface area contributed by atoms with E-state index >= 15 is 0 Å². The van der Waals surface area contributed by atoms with E-state index in [1.807, 2.05) is 37.3 Å². The molecular weight excluding hydrogens is 369 g/mol. The number of nitrogen functional groups attached to an aromatic ring is 1. The lowest BCUT2D eigenvalue weighted by Gasteiger charge is -2.11. The third-order valence-electron chi connectivity index (χ3n) is 3.85. The molecule has 0 unspecified atom stereocenters. The number of aromatic nitrogens is 1. The topological polar surface area (TPSA) is 71.9 Å². The smallest absolute Gasteiger partial charge is 0.142 e. The van der Waals surface area contributed by atoms with Gasteiger partial charge in [0, 0.05) is 11.1 Å². The number of ether oxygens (including phenoxy) is 1. The molecule has 0 saturated carbocycles. The van der Waals surface area contributed by atoms with Crippen LogP contribution in [-0.2, 0) is 0 Å². The maximum atomic E-state index is 9.50. The van der Waals surface area contributed by atoms with Gasteiger partial charge in [-0.15, -0.1) is 0 Å². The molecule has 6 heteroatoms. The van der Waals surface area contributed by atoms with E-state index in [2.05, 4.69) is 11.1 Å². The molecule has 3 aromatic rings. The van der Waals surface area contributed by atoms with Gasteiger partial charge < -0.3 is 10.5 Å². The van der Waals surface area contributed by atoms with Crippen molar-refractivity contribution in [3.8, 4) is 34.2 Å². The Morgan fingerprint density at radius 2 is 1.73 bits per heavy atom. The minimum absolute atomic E-state index is 0.167. The molecule has 0 radical (unpaired) electrons. The van der Waals surface area contributed by atoms with E-state index in [4.69, 9.17) is 33.7 Å². The summed E-state index contributed by atoms with van der Waals surface area (Å²) in [5.41, 5.74) is 9.27. The van der Waals surface area contributed by atoms with Crippen molar-refractivity contribution in [3.05, 3.63) is 64.1 Å². The molecule has 0 saturated heterocycles. The molecule has 3 rings (SSSR count). The van der Waals surface area contributed by atoms with E-state index in [-0.39, 0.29) is 5.82 Å². The van der Waals surface area contributed by atoms with Gasteiger partial charge in [0.05, 0.1) is 22.3 Å². The molecule has 0 fully saturated rings. The van der Waals surface area contributed by atoms with Crippen LogP contribution < -0.4 is 10.5 Å². The zero-order valence-corrected chi connectivity index (χ0v) is 15.5. The highest BCUT2D eigenvalue weighted by Crippen LogP contribution is 2.34. The van der Waals surface area contributed by atoms with Crippen LogP contribution in [0.15, 0.2) is 48.5 Å². The van der Waals surface area contributed by atoms with E-state index in [0.29, 0.717) is 33.5 Å². The first-order valence-corrected chi connectivity index (χ1v) is 8.68. The van der Waals surface area contributed by atoms with Gasteiger partial charge in [0.1, 0.15) is 23.2 Å². The van der Waals surface area contributed by atoms with Gasteiger partial charge in [-0.25, -0.2) is 4.98 Å². The quantitative estimate of drug-likeness (QED) is 0.638. The Kier molecular flexibility index (Phi) is 5.32. The van der Waals surface area contributed by atoms with Crippen molar-refractivity contribution >= 4 is 29.0 Å². The molecule has 0 atom stereocenters. The SMILES string of the molecule is CCOc1ccc(-c2cc(-c3ccc(Cl)c(Cl)c3)c(C#N)c(N)n2)cc1. The lowest BCUT2D eigenvalue weighted by atomic mass is 9.98. The monoisotopic (exact) mass is 383 g/mol. The highest BCUT2D eigenvalue weighted by molar-refractivity contribution is 6.42. The lowest BCUT2D eigenvalue weighted by molar-refractivity contribution is 0.340. The summed E-state index contributed by atoms with van der Waals surface area (Å²) in [6.07, 6.45) is 0. The maximum absolute atomic E-state index is 9.50. The van der Waals surface area contributed by atoms with Gasteiger partial charge in [-0.2, -0.15) is 5.26 Å². The molecule has 130 valence electrons. The highest BCUT2D eigenvalue weighted by atomic mass is 35.5. The van der Waals surface area contributed by atoms with Gasteiger partial charge in [0.15, 0.2) is 0 Å². The van der Waals surface area contributed by atoms with Crippen LogP contribution in [-0.4, -0.2) is 11.6 Å². The van der Waals surface area contributed by atoms with Crippen molar-refractivity contribution in [2.24, 2.45) is 0 Å². The summed E-state index contributed by atoms with van der Waals surface area (Å²) < 4.78 is 5.46. The van der Waals surface area contributed by atoms with E-state index < -0.39 is 0 Å². The van der Waals surface area contributed by atoms with Crippen LogP contribution in [0.25, 0.3) is 22.4 Å². The van der Waals surface area contributed by atoms with Crippen molar-refractivity contribution in [3.63, 3.8) is 0 Å². The van der Waals surface area contributed by atoms with Crippen LogP contribution >= 0.6 is 23.2 Å². The molecule has 2 N–H and O–H groups in total. The van der Waals surface area contributed by atoms with Crippen LogP contribution in [0.5, 0.6) is 5.75 Å². The molecule has 0 bridgehead atoms. The molecule has 0 aliphatic carbocycles. The zero-order chi connectivity index (χ0) is 18.7. The fourth-order valence-corrected chi connectivity index (χ4v) is 2.91. The molecule has 2 aromatic carbocycles. The number of pyridine rings is 1. The fourth-order valence-electron chi connectivity index (χ4n) is 2.61. The van der Waals surface area contributed by atoms with Gasteiger partial charge >= 0.3 is 0 Å². The summed E-state index contributed by atoms with van der Waals surface area (Å²) in [7, 11) is 0. The maximum Gasteiger partial charge on any atom is 0.142 e. The van der Waals surface area contributed by atoms with Crippen molar-refractivity contribution in [1.29, 1.82) is 5.26 Å². The Labute approximate surface area is 161 Å². The second-order valence-corrected chi connectivity index (χ2v) is 6.33. The van der Waals surface area contributed by atoms with Crippen LogP contribution in [0, 0.1) is 11.3 Å². The summed E-state index contributed by atoms with van der Waals surface area (Å²) in [5.74, 6) is 0.947. The molecule has 4 nitrogen and oxygen atoms in total. The summed E-state index contributed by atoms with van der Waals surface area (Å²) in [5, 5.41) is 10.4. The number of benzene rings is 2. The molecule has 1 aromatic heterocycles. The minimum Gasteiger partial charge on any atom is -0.494 e. The third-order valence-corrected chi connectivity index (χ3v) is 4.59. The predicted molar refractivity (Wildman–Crippen MR) is 105 cm³/mol. The number of rotatable bonds is 4. The Bertz CT molecular complexity index is 995. The van der Waals surface area contributed by atoms with Crippen molar-refractivity contribution in [2.75, 3.05) is 12.3 Å². The first-order chi connectivity index (χ1) is 12.5. The number of nitriles is 1. The van der Waals surface area contributed by atoms with E-state index in [9.17, 15) is 5.26 Å². The summed E-state index contributed by atoms with van der Waals surface area (Å²) in [6.45, 7) is 2.53. The lowest BCUT2D eigenvalue weighted by Crippen LogP contribution is -2.00. The van der Waals surface area contributed by atoms with Crippen LogP contribution in [0.1, 0.15) is 12.5 Å². The average Bonchev–Trinajstić information content (AvgIpc) is 2.64. The van der Waals surface area contributed by atoms with E-state index in [0.717, 1.165) is 16.9 Å². The first kappa shape index (κ1) is 18.1. The number of nitrogens with two attached hydrogens (primary N) is 1. The second-order valence-electron chi connectivity index (χ2n) is 5.51. The van der Waals surface area contributed by atoms with E-state index in [1.165, 1.54) is 0 Å². The number of anilines is 1. The van der Waals surface area contributed by atoms with Gasteiger partial charge in [-0.05, 0) is 55.0 Å². The average molecular weight is 384 g/mol. The van der Waals surface area contributed by atoms with Crippen LogP contribution in [0.2, 0.25) is 10.0 Å². The van der Waals surface area contributed by atoms with Crippen molar-refractivity contribution in [1.82, 2.24) is 4.98 Å². The standard InChI is InChI=1S/C20H15Cl2N3O/c1-2-26-14-6-3-12(4-7-14)19-10-15(16(11-23)20(24)25-19)13-5-8-17(21)18(22)9-13/h3-10H,2H2,1H3,(H2,24,25). The number of halogens is 2. The Balaban J connectivity index is 2.12. The summed E-state index contributed by atoms with van der Waals surface area (Å²) >= 11 is 12.1. The highest BCUT2D eigenvalue weighted by Gasteiger charge is 2.14. The van der Waals surface area contributed by atoms with Gasteiger partial charge in [0.2, 0.25) is 0 Å². The second kappa shape index (κ2) is 7.65. The molecule has 0 amide bonds. The summed E-state index contributed by atoms with van der Waals surface area (Å²) in [4.78, 5) is 4.37. The Morgan fingerprint density at radius 3 is 2.35 bits per heavy atom. The van der Waals surface area contributed by atoms with Crippen molar-refractivity contribution in [2.45, 2.75) is 6.92 Å². The Hall–Kier alpha value is -2.74. The van der Waals surface area contributed by atoms with Crippen LogP contribution in [0.3, 0.4) is 0 Å². The molecule has 0 spiro atoms.